The van der Waals surface area contributed by atoms with Crippen molar-refractivity contribution in [3.63, 3.8) is 0 Å². The molecule has 0 radical (unpaired) electrons. The highest BCUT2D eigenvalue weighted by Gasteiger charge is 2.11. The number of nitrogens with two attached hydrogens (primary N) is 1. The molecule has 110 valence electrons. The first kappa shape index (κ1) is 14.6. The topological polar surface area (TPSA) is 35.2 Å². The Hall–Kier alpha value is -1.32. The maximum absolute atomic E-state index is 5.99. The van der Waals surface area contributed by atoms with Crippen LogP contribution in [0.5, 0.6) is 11.5 Å². The molecule has 1 aliphatic carbocycles. The molecule has 2 aromatic rings. The number of halogens is 1. The molecule has 0 heterocycles. The molecule has 3 rings (SSSR count). The Balaban J connectivity index is 1.82. The molecule has 0 aromatic heterocycles. The molecule has 0 amide bonds. The molecule has 1 atom stereocenters. The fourth-order valence-electron chi connectivity index (χ4n) is 2.85. The van der Waals surface area contributed by atoms with Gasteiger partial charge in [0.15, 0.2) is 0 Å². The molecule has 0 unspecified atom stereocenters. The molecule has 2 N–H and O–H groups in total. The van der Waals surface area contributed by atoms with Crippen molar-refractivity contribution in [2.75, 3.05) is 0 Å². The quantitative estimate of drug-likeness (QED) is 0.835. The van der Waals surface area contributed by atoms with Gasteiger partial charge in [0.25, 0.3) is 0 Å². The second-order valence-corrected chi connectivity index (χ2v) is 6.57. The summed E-state index contributed by atoms with van der Waals surface area (Å²) in [5.41, 5.74) is 9.92. The number of hydrogen-bond donors (Lipinski definition) is 1. The zero-order chi connectivity index (χ0) is 14.8. The predicted molar refractivity (Wildman–Crippen MR) is 89.9 cm³/mol. The van der Waals surface area contributed by atoms with Crippen molar-refractivity contribution >= 4 is 15.9 Å². The van der Waals surface area contributed by atoms with Crippen LogP contribution in [-0.4, -0.2) is 0 Å². The summed E-state index contributed by atoms with van der Waals surface area (Å²) in [5.74, 6) is 1.75. The van der Waals surface area contributed by atoms with Gasteiger partial charge in [-0.2, -0.15) is 0 Å². The van der Waals surface area contributed by atoms with Gasteiger partial charge >= 0.3 is 0 Å². The third-order valence-electron chi connectivity index (χ3n) is 4.02. The highest BCUT2D eigenvalue weighted by atomic mass is 79.9. The van der Waals surface area contributed by atoms with E-state index in [1.54, 1.807) is 0 Å². The molecule has 3 heteroatoms. The lowest BCUT2D eigenvalue weighted by Gasteiger charge is -2.17. The van der Waals surface area contributed by atoms with Gasteiger partial charge in [0.05, 0.1) is 0 Å². The summed E-state index contributed by atoms with van der Waals surface area (Å²) in [6, 6.07) is 12.4. The first-order valence-corrected chi connectivity index (χ1v) is 8.27. The van der Waals surface area contributed by atoms with Crippen LogP contribution < -0.4 is 10.5 Å². The van der Waals surface area contributed by atoms with Crippen molar-refractivity contribution in [1.82, 2.24) is 0 Å². The Labute approximate surface area is 134 Å². The lowest BCUT2D eigenvalue weighted by Crippen LogP contribution is -2.05. The third kappa shape index (κ3) is 3.30. The molecular formula is C18H20BrNO. The zero-order valence-electron chi connectivity index (χ0n) is 12.2. The molecule has 0 aliphatic heterocycles. The number of hydrogen-bond acceptors (Lipinski definition) is 2. The second kappa shape index (κ2) is 6.20. The van der Waals surface area contributed by atoms with E-state index in [1.807, 2.05) is 25.1 Å². The van der Waals surface area contributed by atoms with Crippen LogP contribution in [0.25, 0.3) is 0 Å². The van der Waals surface area contributed by atoms with Gasteiger partial charge in [-0.3, -0.25) is 0 Å². The minimum Gasteiger partial charge on any atom is -0.457 e. The zero-order valence-corrected chi connectivity index (χ0v) is 13.8. The van der Waals surface area contributed by atoms with E-state index >= 15 is 0 Å². The van der Waals surface area contributed by atoms with E-state index in [1.165, 1.54) is 36.8 Å². The van der Waals surface area contributed by atoms with E-state index in [2.05, 4.69) is 34.1 Å². The van der Waals surface area contributed by atoms with Crippen molar-refractivity contribution in [3.05, 3.63) is 57.6 Å². The number of aryl methyl sites for hydroxylation is 2. The van der Waals surface area contributed by atoms with Crippen LogP contribution in [0.15, 0.2) is 40.9 Å². The highest BCUT2D eigenvalue weighted by molar-refractivity contribution is 9.10. The summed E-state index contributed by atoms with van der Waals surface area (Å²) in [6.45, 7) is 1.98. The van der Waals surface area contributed by atoms with E-state index in [4.69, 9.17) is 10.5 Å². The van der Waals surface area contributed by atoms with Crippen LogP contribution >= 0.6 is 15.9 Å². The minimum atomic E-state index is 0.0113. The Morgan fingerprint density at radius 3 is 2.38 bits per heavy atom. The third-order valence-corrected chi connectivity index (χ3v) is 4.70. The van der Waals surface area contributed by atoms with Gasteiger partial charge in [-0.25, -0.2) is 0 Å². The molecule has 0 fully saturated rings. The number of rotatable bonds is 3. The van der Waals surface area contributed by atoms with Crippen LogP contribution in [0.1, 0.15) is 42.5 Å². The summed E-state index contributed by atoms with van der Waals surface area (Å²) < 4.78 is 6.98. The van der Waals surface area contributed by atoms with Crippen LogP contribution in [0.4, 0.5) is 0 Å². The molecule has 21 heavy (non-hydrogen) atoms. The fourth-order valence-corrected chi connectivity index (χ4v) is 3.57. The standard InChI is InChI=1S/C18H20BrNO/c1-12(20)17-9-8-16(11-18(17)19)21-15-7-6-13-4-2-3-5-14(13)10-15/h6-12H,2-5,20H2,1H3/t12-/m1/s1. The van der Waals surface area contributed by atoms with Crippen molar-refractivity contribution in [1.29, 1.82) is 0 Å². The van der Waals surface area contributed by atoms with Crippen LogP contribution in [0.3, 0.4) is 0 Å². The average Bonchev–Trinajstić information content (AvgIpc) is 2.47. The van der Waals surface area contributed by atoms with E-state index in [-0.39, 0.29) is 6.04 Å². The maximum atomic E-state index is 5.99. The highest BCUT2D eigenvalue weighted by Crippen LogP contribution is 2.31. The lowest BCUT2D eigenvalue weighted by atomic mass is 9.92. The summed E-state index contributed by atoms with van der Waals surface area (Å²) >= 11 is 3.56. The number of ether oxygens (including phenoxy) is 1. The molecular weight excluding hydrogens is 326 g/mol. The first-order chi connectivity index (χ1) is 10.1. The molecule has 1 aliphatic rings. The second-order valence-electron chi connectivity index (χ2n) is 5.71. The SMILES string of the molecule is C[C@@H](N)c1ccc(Oc2ccc3c(c2)CCCC3)cc1Br. The Kier molecular flexibility index (Phi) is 4.32. The van der Waals surface area contributed by atoms with E-state index in [9.17, 15) is 0 Å². The van der Waals surface area contributed by atoms with Crippen molar-refractivity contribution < 1.29 is 4.74 Å². The van der Waals surface area contributed by atoms with Gasteiger partial charge in [0.1, 0.15) is 11.5 Å². The van der Waals surface area contributed by atoms with Crippen LogP contribution in [0, 0.1) is 0 Å². The summed E-state index contributed by atoms with van der Waals surface area (Å²) in [7, 11) is 0. The maximum Gasteiger partial charge on any atom is 0.128 e. The van der Waals surface area contributed by atoms with Gasteiger partial charge in [-0.05, 0) is 73.6 Å². The summed E-state index contributed by atoms with van der Waals surface area (Å²) in [6.07, 6.45) is 4.95. The normalized spacial score (nSPS) is 15.4. The molecule has 0 bridgehead atoms. The van der Waals surface area contributed by atoms with Crippen molar-refractivity contribution in [2.24, 2.45) is 5.73 Å². The first-order valence-electron chi connectivity index (χ1n) is 7.48. The Bertz CT molecular complexity index is 652. The molecule has 2 aromatic carbocycles. The van der Waals surface area contributed by atoms with Gasteiger partial charge < -0.3 is 10.5 Å². The molecule has 0 saturated heterocycles. The molecule has 2 nitrogen and oxygen atoms in total. The van der Waals surface area contributed by atoms with E-state index in [0.717, 1.165) is 21.5 Å². The number of benzene rings is 2. The van der Waals surface area contributed by atoms with Gasteiger partial charge in [0, 0.05) is 10.5 Å². The minimum absolute atomic E-state index is 0.0113. The van der Waals surface area contributed by atoms with E-state index in [0.29, 0.717) is 0 Å². The van der Waals surface area contributed by atoms with Crippen molar-refractivity contribution in [3.8, 4) is 11.5 Å². The smallest absolute Gasteiger partial charge is 0.128 e. The Morgan fingerprint density at radius 1 is 1.00 bits per heavy atom. The fraction of sp³-hybridized carbons (Fsp3) is 0.333. The molecule has 0 saturated carbocycles. The number of fused-ring (bicyclic) bond motifs is 1. The predicted octanol–water partition coefficient (Wildman–Crippen LogP) is 5.14. The van der Waals surface area contributed by atoms with Gasteiger partial charge in [-0.15, -0.1) is 0 Å². The Morgan fingerprint density at radius 2 is 1.67 bits per heavy atom. The monoisotopic (exact) mass is 345 g/mol. The van der Waals surface area contributed by atoms with Gasteiger partial charge in [0.2, 0.25) is 0 Å². The van der Waals surface area contributed by atoms with E-state index < -0.39 is 0 Å². The van der Waals surface area contributed by atoms with Crippen LogP contribution in [-0.2, 0) is 12.8 Å². The largest absolute Gasteiger partial charge is 0.457 e. The lowest BCUT2D eigenvalue weighted by molar-refractivity contribution is 0.480. The average molecular weight is 346 g/mol. The summed E-state index contributed by atoms with van der Waals surface area (Å²) in [5, 5.41) is 0. The van der Waals surface area contributed by atoms with Crippen LogP contribution in [0.2, 0.25) is 0 Å². The van der Waals surface area contributed by atoms with Crippen molar-refractivity contribution in [2.45, 2.75) is 38.6 Å². The summed E-state index contributed by atoms with van der Waals surface area (Å²) in [4.78, 5) is 0. The molecule has 0 spiro atoms. The van der Waals surface area contributed by atoms with Gasteiger partial charge in [-0.1, -0.05) is 28.1 Å².